The summed E-state index contributed by atoms with van der Waals surface area (Å²) in [6.07, 6.45) is 3.69. The van der Waals surface area contributed by atoms with Crippen LogP contribution in [0.5, 0.6) is 0 Å². The number of likely N-dealkylation sites (N-methyl/N-ethyl adjacent to an activating group) is 1. The molecule has 1 saturated heterocycles. The molecule has 0 unspecified atom stereocenters. The first kappa shape index (κ1) is 15.1. The summed E-state index contributed by atoms with van der Waals surface area (Å²) in [5.74, 6) is 0. The maximum absolute atomic E-state index is 9.12. The third-order valence-electron chi connectivity index (χ3n) is 4.61. The smallest absolute Gasteiger partial charge is 0.0943 e. The molecular formula is C19H18N4S. The van der Waals surface area contributed by atoms with Crippen molar-refractivity contribution in [3.63, 3.8) is 0 Å². The summed E-state index contributed by atoms with van der Waals surface area (Å²) in [5.41, 5.74) is 4.12. The van der Waals surface area contributed by atoms with Gasteiger partial charge in [-0.25, -0.2) is 4.99 Å². The van der Waals surface area contributed by atoms with Crippen LogP contribution in [0, 0.1) is 11.3 Å². The molecule has 5 heteroatoms. The molecule has 2 aliphatic rings. The fraction of sp³-hybridized carbons (Fsp3) is 0.263. The van der Waals surface area contributed by atoms with E-state index in [0.29, 0.717) is 0 Å². The summed E-state index contributed by atoms with van der Waals surface area (Å²) in [7, 11) is 2.16. The van der Waals surface area contributed by atoms with Crippen molar-refractivity contribution < 1.29 is 0 Å². The maximum atomic E-state index is 9.12. The lowest BCUT2D eigenvalue weighted by atomic mass is 10.1. The third kappa shape index (κ3) is 2.64. The zero-order valence-corrected chi connectivity index (χ0v) is 14.4. The van der Waals surface area contributed by atoms with Crippen LogP contribution in [0.2, 0.25) is 0 Å². The number of piperazine rings is 1. The molecule has 2 aliphatic heterocycles. The van der Waals surface area contributed by atoms with Gasteiger partial charge in [-0.3, -0.25) is 0 Å². The molecule has 1 aromatic carbocycles. The SMILES string of the molecule is CN1CCN(c2cccc3c2=Nc2cscc2/C(=C\C#N)C=3)CC1. The summed E-state index contributed by atoms with van der Waals surface area (Å²) in [6, 6.07) is 8.49. The van der Waals surface area contributed by atoms with Crippen LogP contribution in [0.4, 0.5) is 11.4 Å². The number of hydrogen-bond donors (Lipinski definition) is 0. The number of fused-ring (bicyclic) bond motifs is 2. The summed E-state index contributed by atoms with van der Waals surface area (Å²) < 4.78 is 0. The first-order chi connectivity index (χ1) is 11.8. The zero-order chi connectivity index (χ0) is 16.5. The van der Waals surface area contributed by atoms with Gasteiger partial charge in [0.15, 0.2) is 0 Å². The second kappa shape index (κ2) is 6.23. The lowest BCUT2D eigenvalue weighted by molar-refractivity contribution is 0.312. The van der Waals surface area contributed by atoms with Crippen LogP contribution in [-0.4, -0.2) is 38.1 Å². The van der Waals surface area contributed by atoms with E-state index in [-0.39, 0.29) is 0 Å². The second-order valence-corrected chi connectivity index (χ2v) is 6.90. The quantitative estimate of drug-likeness (QED) is 0.751. The van der Waals surface area contributed by atoms with Crippen molar-refractivity contribution in [2.24, 2.45) is 4.99 Å². The van der Waals surface area contributed by atoms with Crippen molar-refractivity contribution in [3.05, 3.63) is 51.2 Å². The number of anilines is 1. The fourth-order valence-electron chi connectivity index (χ4n) is 3.24. The summed E-state index contributed by atoms with van der Waals surface area (Å²) in [4.78, 5) is 9.73. The average Bonchev–Trinajstić information content (AvgIpc) is 2.99. The van der Waals surface area contributed by atoms with Crippen LogP contribution in [0.1, 0.15) is 5.56 Å². The van der Waals surface area contributed by atoms with Crippen LogP contribution in [-0.2, 0) is 0 Å². The highest BCUT2D eigenvalue weighted by Crippen LogP contribution is 2.32. The molecule has 120 valence electrons. The molecule has 1 aromatic heterocycles. The van der Waals surface area contributed by atoms with Crippen LogP contribution in [0.25, 0.3) is 11.6 Å². The molecule has 4 rings (SSSR count). The molecule has 0 bridgehead atoms. The predicted molar refractivity (Wildman–Crippen MR) is 99.0 cm³/mol. The standard InChI is InChI=1S/C19H18N4S/c1-22-7-9-23(10-8-22)18-4-2-3-15-11-14(5-6-20)16-12-24-13-17(16)21-19(15)18/h2-5,11-13H,7-10H2,1H3/b14-5-. The monoisotopic (exact) mass is 334 g/mol. The van der Waals surface area contributed by atoms with Gasteiger partial charge >= 0.3 is 0 Å². The van der Waals surface area contributed by atoms with E-state index in [1.54, 1.807) is 17.4 Å². The molecule has 1 fully saturated rings. The highest BCUT2D eigenvalue weighted by molar-refractivity contribution is 7.08. The summed E-state index contributed by atoms with van der Waals surface area (Å²) in [6.45, 7) is 4.16. The van der Waals surface area contributed by atoms with Gasteiger partial charge in [0, 0.05) is 53.8 Å². The molecule has 0 aliphatic carbocycles. The highest BCUT2D eigenvalue weighted by Gasteiger charge is 2.17. The van der Waals surface area contributed by atoms with Crippen molar-refractivity contribution in [1.82, 2.24) is 4.90 Å². The summed E-state index contributed by atoms with van der Waals surface area (Å²) in [5, 5.41) is 15.3. The van der Waals surface area contributed by atoms with Crippen LogP contribution in [0.3, 0.4) is 0 Å². The Kier molecular flexibility index (Phi) is 3.93. The topological polar surface area (TPSA) is 42.6 Å². The Morgan fingerprint density at radius 1 is 1.21 bits per heavy atom. The minimum Gasteiger partial charge on any atom is -0.367 e. The molecule has 2 aromatic rings. The molecule has 0 radical (unpaired) electrons. The predicted octanol–water partition coefficient (Wildman–Crippen LogP) is 2.15. The number of thiophene rings is 1. The first-order valence-electron chi connectivity index (χ1n) is 8.05. The Morgan fingerprint density at radius 2 is 2.04 bits per heavy atom. The van der Waals surface area contributed by atoms with Gasteiger partial charge in [0.05, 0.1) is 22.8 Å². The van der Waals surface area contributed by atoms with Crippen molar-refractivity contribution >= 4 is 34.4 Å². The molecule has 3 heterocycles. The van der Waals surface area contributed by atoms with E-state index >= 15 is 0 Å². The van der Waals surface area contributed by atoms with Crippen molar-refractivity contribution in [1.29, 1.82) is 5.26 Å². The fourth-order valence-corrected chi connectivity index (χ4v) is 4.01. The molecule has 0 saturated carbocycles. The number of para-hydroxylation sites is 1. The van der Waals surface area contributed by atoms with E-state index in [9.17, 15) is 0 Å². The highest BCUT2D eigenvalue weighted by atomic mass is 32.1. The van der Waals surface area contributed by atoms with Gasteiger partial charge in [-0.1, -0.05) is 12.1 Å². The van der Waals surface area contributed by atoms with Crippen molar-refractivity contribution in [2.75, 3.05) is 38.1 Å². The van der Waals surface area contributed by atoms with Crippen LogP contribution < -0.4 is 15.5 Å². The minimum absolute atomic E-state index is 0.937. The third-order valence-corrected chi connectivity index (χ3v) is 5.34. The van der Waals surface area contributed by atoms with Gasteiger partial charge in [-0.2, -0.15) is 5.26 Å². The Balaban J connectivity index is 1.92. The number of hydrogen-bond acceptors (Lipinski definition) is 5. The van der Waals surface area contributed by atoms with E-state index in [4.69, 9.17) is 10.3 Å². The van der Waals surface area contributed by atoms with Crippen LogP contribution in [0.15, 0.2) is 40.0 Å². The number of nitrogens with zero attached hydrogens (tertiary/aromatic N) is 4. The van der Waals surface area contributed by atoms with Crippen molar-refractivity contribution in [3.8, 4) is 6.07 Å². The molecule has 0 amide bonds. The van der Waals surface area contributed by atoms with Gasteiger partial charge in [0.2, 0.25) is 0 Å². The molecule has 4 nitrogen and oxygen atoms in total. The van der Waals surface area contributed by atoms with Gasteiger partial charge in [0.1, 0.15) is 0 Å². The molecular weight excluding hydrogens is 316 g/mol. The van der Waals surface area contributed by atoms with E-state index in [2.05, 4.69) is 58.0 Å². The van der Waals surface area contributed by atoms with Gasteiger partial charge < -0.3 is 9.80 Å². The number of nitriles is 1. The van der Waals surface area contributed by atoms with Gasteiger partial charge in [0.25, 0.3) is 0 Å². The lowest BCUT2D eigenvalue weighted by Gasteiger charge is -2.34. The number of rotatable bonds is 1. The number of benzene rings is 1. The Hall–Kier alpha value is -2.42. The lowest BCUT2D eigenvalue weighted by Crippen LogP contribution is -2.47. The zero-order valence-electron chi connectivity index (χ0n) is 13.6. The van der Waals surface area contributed by atoms with Gasteiger partial charge in [-0.05, 0) is 24.8 Å². The maximum Gasteiger partial charge on any atom is 0.0943 e. The first-order valence-corrected chi connectivity index (χ1v) is 9.00. The molecule has 0 N–H and O–H groups in total. The Bertz CT molecular complexity index is 956. The minimum atomic E-state index is 0.937. The molecule has 0 atom stereocenters. The average molecular weight is 334 g/mol. The van der Waals surface area contributed by atoms with E-state index in [1.807, 2.05) is 0 Å². The van der Waals surface area contributed by atoms with E-state index in [1.165, 1.54) is 5.69 Å². The largest absolute Gasteiger partial charge is 0.367 e. The van der Waals surface area contributed by atoms with E-state index in [0.717, 1.165) is 53.6 Å². The van der Waals surface area contributed by atoms with Crippen molar-refractivity contribution in [2.45, 2.75) is 0 Å². The number of allylic oxidation sites excluding steroid dienone is 2. The van der Waals surface area contributed by atoms with Gasteiger partial charge in [-0.15, -0.1) is 11.3 Å². The van der Waals surface area contributed by atoms with Crippen LogP contribution >= 0.6 is 11.3 Å². The summed E-state index contributed by atoms with van der Waals surface area (Å²) >= 11 is 1.63. The molecule has 0 spiro atoms. The Labute approximate surface area is 145 Å². The normalized spacial score (nSPS) is 18.8. The van der Waals surface area contributed by atoms with E-state index < -0.39 is 0 Å². The molecule has 24 heavy (non-hydrogen) atoms. The Morgan fingerprint density at radius 3 is 2.83 bits per heavy atom. The second-order valence-electron chi connectivity index (χ2n) is 6.16.